The van der Waals surface area contributed by atoms with Crippen LogP contribution in [-0.2, 0) is 9.53 Å². The zero-order valence-corrected chi connectivity index (χ0v) is 8.78. The van der Waals surface area contributed by atoms with E-state index < -0.39 is 0 Å². The molecule has 1 unspecified atom stereocenters. The van der Waals surface area contributed by atoms with Gasteiger partial charge in [0, 0.05) is 19.0 Å². The lowest BCUT2D eigenvalue weighted by Crippen LogP contribution is -2.35. The molecule has 1 aliphatic heterocycles. The second-order valence-electron chi connectivity index (χ2n) is 3.70. The van der Waals surface area contributed by atoms with Crippen LogP contribution < -0.4 is 0 Å². The summed E-state index contributed by atoms with van der Waals surface area (Å²) in [5.74, 6) is 0.182. The van der Waals surface area contributed by atoms with Crippen molar-refractivity contribution in [2.45, 2.75) is 38.6 Å². The summed E-state index contributed by atoms with van der Waals surface area (Å²) in [5, 5.41) is 0. The van der Waals surface area contributed by atoms with Gasteiger partial charge in [0.25, 0.3) is 0 Å². The van der Waals surface area contributed by atoms with Crippen LogP contribution in [0.1, 0.15) is 32.6 Å². The van der Waals surface area contributed by atoms with Crippen molar-refractivity contribution < 1.29 is 14.3 Å². The average Bonchev–Trinajstić information content (AvgIpc) is 2.61. The van der Waals surface area contributed by atoms with Gasteiger partial charge in [-0.3, -0.25) is 0 Å². The Kier molecular flexibility index (Phi) is 3.92. The Bertz CT molecular complexity index is 227. The second kappa shape index (κ2) is 4.98. The molecule has 14 heavy (non-hydrogen) atoms. The number of carbonyl (C=O) groups is 2. The molecule has 1 heterocycles. The van der Waals surface area contributed by atoms with Gasteiger partial charge in [-0.25, -0.2) is 4.79 Å². The first-order valence-electron chi connectivity index (χ1n) is 4.99. The minimum Gasteiger partial charge on any atom is -0.453 e. The zero-order chi connectivity index (χ0) is 10.6. The molecular formula is C10H17NO3. The van der Waals surface area contributed by atoms with Gasteiger partial charge in [0.15, 0.2) is 0 Å². The molecule has 4 heteroatoms. The molecule has 1 rings (SSSR count). The molecule has 0 aromatic heterocycles. The largest absolute Gasteiger partial charge is 0.453 e. The van der Waals surface area contributed by atoms with E-state index >= 15 is 0 Å². The van der Waals surface area contributed by atoms with E-state index in [-0.39, 0.29) is 17.9 Å². The first kappa shape index (κ1) is 11.0. The maximum absolute atomic E-state index is 11.3. The molecule has 1 aliphatic rings. The van der Waals surface area contributed by atoms with Gasteiger partial charge in [0.1, 0.15) is 5.78 Å². The smallest absolute Gasteiger partial charge is 0.409 e. The van der Waals surface area contributed by atoms with Gasteiger partial charge in [-0.15, -0.1) is 0 Å². The topological polar surface area (TPSA) is 46.6 Å². The van der Waals surface area contributed by atoms with Gasteiger partial charge in [0.2, 0.25) is 0 Å². The van der Waals surface area contributed by atoms with Crippen LogP contribution in [0, 0.1) is 0 Å². The summed E-state index contributed by atoms with van der Waals surface area (Å²) in [6, 6.07) is 0.200. The number of methoxy groups -OCH3 is 1. The highest BCUT2D eigenvalue weighted by molar-refractivity contribution is 5.75. The van der Waals surface area contributed by atoms with E-state index in [2.05, 4.69) is 4.74 Å². The van der Waals surface area contributed by atoms with Gasteiger partial charge < -0.3 is 14.4 Å². The number of ether oxygens (including phenoxy) is 1. The Balaban J connectivity index is 2.42. The van der Waals surface area contributed by atoms with E-state index in [1.807, 2.05) is 0 Å². The molecule has 0 N–H and O–H groups in total. The fourth-order valence-electron chi connectivity index (χ4n) is 1.86. The summed E-state index contributed by atoms with van der Waals surface area (Å²) in [7, 11) is 1.39. The maximum atomic E-state index is 11.3. The van der Waals surface area contributed by atoms with E-state index in [1.165, 1.54) is 7.11 Å². The van der Waals surface area contributed by atoms with Crippen molar-refractivity contribution in [3.8, 4) is 0 Å². The van der Waals surface area contributed by atoms with Crippen LogP contribution in [0.15, 0.2) is 0 Å². The third-order valence-electron chi connectivity index (χ3n) is 2.62. The Labute approximate surface area is 84.2 Å². The molecule has 1 atom stereocenters. The summed E-state index contributed by atoms with van der Waals surface area (Å²) >= 11 is 0. The van der Waals surface area contributed by atoms with Gasteiger partial charge >= 0.3 is 6.09 Å². The number of ketones is 1. The molecule has 80 valence electrons. The highest BCUT2D eigenvalue weighted by Crippen LogP contribution is 2.21. The van der Waals surface area contributed by atoms with Crippen molar-refractivity contribution in [2.75, 3.05) is 13.7 Å². The predicted octanol–water partition coefficient (Wildman–Crippen LogP) is 1.59. The third kappa shape index (κ3) is 2.72. The van der Waals surface area contributed by atoms with Crippen LogP contribution >= 0.6 is 0 Å². The number of nitrogens with zero attached hydrogens (tertiary/aromatic N) is 1. The van der Waals surface area contributed by atoms with Crippen LogP contribution in [0.2, 0.25) is 0 Å². The number of carbonyl (C=O) groups excluding carboxylic acids is 2. The van der Waals surface area contributed by atoms with Crippen molar-refractivity contribution in [3.05, 3.63) is 0 Å². The Hall–Kier alpha value is -1.06. The first-order chi connectivity index (χ1) is 6.65. The van der Waals surface area contributed by atoms with Crippen molar-refractivity contribution >= 4 is 11.9 Å². The zero-order valence-electron chi connectivity index (χ0n) is 8.78. The minimum atomic E-state index is -0.268. The lowest BCUT2D eigenvalue weighted by atomic mass is 10.1. The number of hydrogen-bond donors (Lipinski definition) is 0. The van der Waals surface area contributed by atoms with Crippen molar-refractivity contribution in [3.63, 3.8) is 0 Å². The van der Waals surface area contributed by atoms with E-state index in [1.54, 1.807) is 11.8 Å². The number of likely N-dealkylation sites (tertiary alicyclic amines) is 1. The Morgan fingerprint density at radius 3 is 2.79 bits per heavy atom. The van der Waals surface area contributed by atoms with Crippen LogP contribution in [0.5, 0.6) is 0 Å². The van der Waals surface area contributed by atoms with Crippen LogP contribution in [0.4, 0.5) is 4.79 Å². The average molecular weight is 199 g/mol. The molecule has 0 aromatic carbocycles. The Morgan fingerprint density at radius 2 is 2.21 bits per heavy atom. The summed E-state index contributed by atoms with van der Waals surface area (Å²) in [6.45, 7) is 2.34. The van der Waals surface area contributed by atoms with Crippen LogP contribution in [0.3, 0.4) is 0 Å². The van der Waals surface area contributed by atoms with Crippen LogP contribution in [-0.4, -0.2) is 36.5 Å². The lowest BCUT2D eigenvalue weighted by molar-refractivity contribution is -0.117. The van der Waals surface area contributed by atoms with E-state index in [0.29, 0.717) is 6.42 Å². The first-order valence-corrected chi connectivity index (χ1v) is 4.99. The molecule has 1 saturated heterocycles. The molecular weight excluding hydrogens is 182 g/mol. The van der Waals surface area contributed by atoms with Gasteiger partial charge in [-0.2, -0.15) is 0 Å². The monoisotopic (exact) mass is 199 g/mol. The summed E-state index contributed by atoms with van der Waals surface area (Å²) in [5.41, 5.74) is 0. The summed E-state index contributed by atoms with van der Waals surface area (Å²) < 4.78 is 4.67. The molecule has 0 aromatic rings. The van der Waals surface area contributed by atoms with Crippen LogP contribution in [0.25, 0.3) is 0 Å². The molecule has 0 radical (unpaired) electrons. The normalized spacial score (nSPS) is 21.0. The Morgan fingerprint density at radius 1 is 1.50 bits per heavy atom. The summed E-state index contributed by atoms with van der Waals surface area (Å²) in [6.07, 6.45) is 3.05. The van der Waals surface area contributed by atoms with Crippen molar-refractivity contribution in [1.29, 1.82) is 0 Å². The lowest BCUT2D eigenvalue weighted by Gasteiger charge is -2.22. The number of Topliss-reactive ketones (excluding diaryl/α,β-unsaturated/α-hetero) is 1. The van der Waals surface area contributed by atoms with Gasteiger partial charge in [0.05, 0.1) is 7.11 Å². The predicted molar refractivity (Wildman–Crippen MR) is 52.0 cm³/mol. The van der Waals surface area contributed by atoms with E-state index in [4.69, 9.17) is 0 Å². The molecule has 0 spiro atoms. The molecule has 4 nitrogen and oxygen atoms in total. The van der Waals surface area contributed by atoms with Gasteiger partial charge in [-0.1, -0.05) is 0 Å². The third-order valence-corrected chi connectivity index (χ3v) is 2.62. The molecule has 0 bridgehead atoms. The number of rotatable bonds is 3. The highest BCUT2D eigenvalue weighted by Gasteiger charge is 2.28. The van der Waals surface area contributed by atoms with Gasteiger partial charge in [-0.05, 0) is 26.2 Å². The quantitative estimate of drug-likeness (QED) is 0.693. The van der Waals surface area contributed by atoms with Crippen molar-refractivity contribution in [1.82, 2.24) is 4.90 Å². The molecule has 0 saturated carbocycles. The molecule has 0 aliphatic carbocycles. The summed E-state index contributed by atoms with van der Waals surface area (Å²) in [4.78, 5) is 23.8. The highest BCUT2D eigenvalue weighted by atomic mass is 16.5. The SMILES string of the molecule is COC(=O)N1CCCC1CCC(C)=O. The number of amides is 1. The van der Waals surface area contributed by atoms with E-state index in [9.17, 15) is 9.59 Å². The fraction of sp³-hybridized carbons (Fsp3) is 0.800. The molecule has 1 fully saturated rings. The second-order valence-corrected chi connectivity index (χ2v) is 3.70. The van der Waals surface area contributed by atoms with Crippen molar-refractivity contribution in [2.24, 2.45) is 0 Å². The molecule has 1 amide bonds. The number of hydrogen-bond acceptors (Lipinski definition) is 3. The van der Waals surface area contributed by atoms with E-state index in [0.717, 1.165) is 25.8 Å². The maximum Gasteiger partial charge on any atom is 0.409 e. The minimum absolute atomic E-state index is 0.182. The standard InChI is InChI=1S/C10H17NO3/c1-8(12)5-6-9-4-3-7-11(9)10(13)14-2/h9H,3-7H2,1-2H3. The fourth-order valence-corrected chi connectivity index (χ4v) is 1.86.